The van der Waals surface area contributed by atoms with Gasteiger partial charge >= 0.3 is 5.97 Å². The predicted molar refractivity (Wildman–Crippen MR) is 107 cm³/mol. The Morgan fingerprint density at radius 1 is 1.29 bits per heavy atom. The molecule has 142 valence electrons. The van der Waals surface area contributed by atoms with E-state index < -0.39 is 17.8 Å². The standard InChI is InChI=1S/C20H15FN2O3S2/c1-11-16(19(25)26-2)17(14-8-5-9-27-14)23-18(24)15(28-20(23)22-11)10-12-6-3-4-7-13(12)21/h3-10,17H,1-2H3/t17-/m0/s1. The number of benzene rings is 1. The summed E-state index contributed by atoms with van der Waals surface area (Å²) in [6.45, 7) is 1.72. The highest BCUT2D eigenvalue weighted by atomic mass is 32.1. The van der Waals surface area contributed by atoms with Gasteiger partial charge in [0.15, 0.2) is 4.80 Å². The van der Waals surface area contributed by atoms with Gasteiger partial charge in [-0.15, -0.1) is 11.3 Å². The van der Waals surface area contributed by atoms with E-state index in [0.717, 1.165) is 4.88 Å². The fourth-order valence-electron chi connectivity index (χ4n) is 3.14. The molecule has 8 heteroatoms. The van der Waals surface area contributed by atoms with Gasteiger partial charge in [0.25, 0.3) is 5.56 Å². The lowest BCUT2D eigenvalue weighted by Crippen LogP contribution is -2.39. The minimum absolute atomic E-state index is 0.320. The van der Waals surface area contributed by atoms with Gasteiger partial charge in [0.1, 0.15) is 11.9 Å². The normalized spacial score (nSPS) is 16.7. The molecule has 0 bridgehead atoms. The van der Waals surface area contributed by atoms with Crippen molar-refractivity contribution >= 4 is 34.7 Å². The number of allylic oxidation sites excluding steroid dienone is 1. The Kier molecular flexibility index (Phi) is 4.82. The van der Waals surface area contributed by atoms with E-state index in [2.05, 4.69) is 4.99 Å². The molecule has 0 unspecified atom stereocenters. The molecule has 2 aromatic heterocycles. The Balaban J connectivity index is 1.99. The number of hydrogen-bond donors (Lipinski definition) is 0. The van der Waals surface area contributed by atoms with Gasteiger partial charge in [-0.25, -0.2) is 14.2 Å². The molecule has 1 aliphatic rings. The van der Waals surface area contributed by atoms with Crippen LogP contribution in [0.25, 0.3) is 6.08 Å². The number of ether oxygens (including phenoxy) is 1. The summed E-state index contributed by atoms with van der Waals surface area (Å²) in [4.78, 5) is 31.4. The molecule has 0 fully saturated rings. The van der Waals surface area contributed by atoms with E-state index in [-0.39, 0.29) is 5.56 Å². The second-order valence-corrected chi connectivity index (χ2v) is 8.10. The van der Waals surface area contributed by atoms with Gasteiger partial charge < -0.3 is 4.74 Å². The zero-order valence-corrected chi connectivity index (χ0v) is 16.6. The van der Waals surface area contributed by atoms with Crippen molar-refractivity contribution in [1.29, 1.82) is 0 Å². The number of fused-ring (bicyclic) bond motifs is 1. The van der Waals surface area contributed by atoms with Crippen LogP contribution in [0.5, 0.6) is 0 Å². The molecule has 0 saturated heterocycles. The number of methoxy groups -OCH3 is 1. The van der Waals surface area contributed by atoms with Crippen LogP contribution in [-0.4, -0.2) is 17.6 Å². The quantitative estimate of drug-likeness (QED) is 0.619. The van der Waals surface area contributed by atoms with Crippen LogP contribution in [0.4, 0.5) is 4.39 Å². The first-order chi connectivity index (χ1) is 13.5. The summed E-state index contributed by atoms with van der Waals surface area (Å²) in [6.07, 6.45) is 1.52. The zero-order valence-electron chi connectivity index (χ0n) is 15.0. The van der Waals surface area contributed by atoms with Crippen LogP contribution in [0, 0.1) is 5.82 Å². The average molecular weight is 414 g/mol. The molecule has 1 aromatic carbocycles. The molecule has 1 aliphatic heterocycles. The molecule has 0 amide bonds. The Hall–Kier alpha value is -2.84. The van der Waals surface area contributed by atoms with Crippen molar-refractivity contribution in [3.8, 4) is 0 Å². The SMILES string of the molecule is COC(=O)C1=C(C)N=c2sc(=Cc3ccccc3F)c(=O)n2[C@H]1c1cccs1. The lowest BCUT2D eigenvalue weighted by atomic mass is 10.0. The molecule has 0 spiro atoms. The Labute approximate surface area is 167 Å². The van der Waals surface area contributed by atoms with Crippen molar-refractivity contribution < 1.29 is 13.9 Å². The molecule has 3 heterocycles. The van der Waals surface area contributed by atoms with Crippen LogP contribution in [0.15, 0.2) is 62.8 Å². The molecular formula is C20H15FN2O3S2. The minimum atomic E-state index is -0.619. The van der Waals surface area contributed by atoms with E-state index in [1.54, 1.807) is 25.1 Å². The maximum atomic E-state index is 14.0. The number of carbonyl (C=O) groups excluding carboxylic acids is 1. The summed E-state index contributed by atoms with van der Waals surface area (Å²) < 4.78 is 20.8. The van der Waals surface area contributed by atoms with Gasteiger partial charge in [0.05, 0.1) is 22.9 Å². The number of thiazole rings is 1. The molecule has 0 aliphatic carbocycles. The van der Waals surface area contributed by atoms with E-state index in [9.17, 15) is 14.0 Å². The van der Waals surface area contributed by atoms with Crippen LogP contribution < -0.4 is 14.9 Å². The van der Waals surface area contributed by atoms with Gasteiger partial charge in [-0.1, -0.05) is 35.6 Å². The molecule has 4 rings (SSSR count). The number of carbonyl (C=O) groups is 1. The van der Waals surface area contributed by atoms with E-state index in [0.29, 0.717) is 26.2 Å². The predicted octanol–water partition coefficient (Wildman–Crippen LogP) is 2.61. The van der Waals surface area contributed by atoms with Crippen molar-refractivity contribution in [3.05, 3.63) is 89.0 Å². The fraction of sp³-hybridized carbons (Fsp3) is 0.150. The molecule has 0 radical (unpaired) electrons. The van der Waals surface area contributed by atoms with Crippen LogP contribution in [0.1, 0.15) is 23.4 Å². The number of rotatable bonds is 3. The topological polar surface area (TPSA) is 60.7 Å². The molecular weight excluding hydrogens is 399 g/mol. The monoisotopic (exact) mass is 414 g/mol. The van der Waals surface area contributed by atoms with Crippen LogP contribution >= 0.6 is 22.7 Å². The van der Waals surface area contributed by atoms with Gasteiger partial charge in [-0.3, -0.25) is 9.36 Å². The highest BCUT2D eigenvalue weighted by Crippen LogP contribution is 2.32. The molecule has 0 N–H and O–H groups in total. The first kappa shape index (κ1) is 18.5. The number of nitrogens with zero attached hydrogens (tertiary/aromatic N) is 2. The Morgan fingerprint density at radius 2 is 2.07 bits per heavy atom. The molecule has 3 aromatic rings. The minimum Gasteiger partial charge on any atom is -0.466 e. The fourth-order valence-corrected chi connectivity index (χ4v) is 5.00. The van der Waals surface area contributed by atoms with E-state index >= 15 is 0 Å². The van der Waals surface area contributed by atoms with Crippen LogP contribution in [-0.2, 0) is 9.53 Å². The van der Waals surface area contributed by atoms with Crippen LogP contribution in [0.2, 0.25) is 0 Å². The molecule has 28 heavy (non-hydrogen) atoms. The van der Waals surface area contributed by atoms with E-state index in [1.165, 1.54) is 46.5 Å². The maximum absolute atomic E-state index is 14.0. The van der Waals surface area contributed by atoms with Crippen molar-refractivity contribution in [1.82, 2.24) is 4.57 Å². The van der Waals surface area contributed by atoms with E-state index in [1.807, 2.05) is 17.5 Å². The first-order valence-electron chi connectivity index (χ1n) is 8.40. The van der Waals surface area contributed by atoms with Crippen molar-refractivity contribution in [2.75, 3.05) is 7.11 Å². The van der Waals surface area contributed by atoms with E-state index in [4.69, 9.17) is 4.74 Å². The highest BCUT2D eigenvalue weighted by molar-refractivity contribution is 7.10. The van der Waals surface area contributed by atoms with Gasteiger partial charge in [-0.2, -0.15) is 0 Å². The number of halogens is 1. The third-order valence-corrected chi connectivity index (χ3v) is 6.34. The zero-order chi connectivity index (χ0) is 19.8. The summed E-state index contributed by atoms with van der Waals surface area (Å²) in [5.41, 5.74) is 0.836. The second kappa shape index (κ2) is 7.29. The molecule has 1 atom stereocenters. The summed E-state index contributed by atoms with van der Waals surface area (Å²) in [6, 6.07) is 9.36. The van der Waals surface area contributed by atoms with Gasteiger partial charge in [-0.05, 0) is 30.5 Å². The highest BCUT2D eigenvalue weighted by Gasteiger charge is 2.33. The third-order valence-electron chi connectivity index (χ3n) is 4.43. The first-order valence-corrected chi connectivity index (χ1v) is 10.1. The van der Waals surface area contributed by atoms with Gasteiger partial charge in [0, 0.05) is 10.4 Å². The van der Waals surface area contributed by atoms with Crippen molar-refractivity contribution in [3.63, 3.8) is 0 Å². The number of hydrogen-bond acceptors (Lipinski definition) is 6. The molecule has 0 saturated carbocycles. The second-order valence-electron chi connectivity index (χ2n) is 6.11. The summed E-state index contributed by atoms with van der Waals surface area (Å²) >= 11 is 2.61. The smallest absolute Gasteiger partial charge is 0.338 e. The number of thiophene rings is 1. The largest absolute Gasteiger partial charge is 0.466 e. The van der Waals surface area contributed by atoms with Crippen LogP contribution in [0.3, 0.4) is 0 Å². The summed E-state index contributed by atoms with van der Waals surface area (Å²) in [5, 5.41) is 1.88. The summed E-state index contributed by atoms with van der Waals surface area (Å²) in [5.74, 6) is -0.933. The molecule has 5 nitrogen and oxygen atoms in total. The number of esters is 1. The van der Waals surface area contributed by atoms with Crippen molar-refractivity contribution in [2.24, 2.45) is 4.99 Å². The lowest BCUT2D eigenvalue weighted by Gasteiger charge is -2.22. The van der Waals surface area contributed by atoms with Crippen molar-refractivity contribution in [2.45, 2.75) is 13.0 Å². The lowest BCUT2D eigenvalue weighted by molar-refractivity contribution is -0.136. The number of aromatic nitrogens is 1. The Morgan fingerprint density at radius 3 is 2.75 bits per heavy atom. The third kappa shape index (κ3) is 3.04. The Bertz CT molecular complexity index is 1270. The van der Waals surface area contributed by atoms with Gasteiger partial charge in [0.2, 0.25) is 0 Å². The maximum Gasteiger partial charge on any atom is 0.338 e. The summed E-state index contributed by atoms with van der Waals surface area (Å²) in [7, 11) is 1.30. The average Bonchev–Trinajstić information content (AvgIpc) is 3.31.